The van der Waals surface area contributed by atoms with Crippen LogP contribution in [0.4, 0.5) is 0 Å². The highest BCUT2D eigenvalue weighted by Gasteiger charge is 2.39. The first-order valence-corrected chi connectivity index (χ1v) is 14.8. The van der Waals surface area contributed by atoms with E-state index < -0.39 is 8.32 Å². The predicted molar refractivity (Wildman–Crippen MR) is 129 cm³/mol. The number of ether oxygens (including phenoxy) is 1. The normalized spacial score (nSPS) is 14.2. The second-order valence-electron chi connectivity index (χ2n) is 10.1. The summed E-state index contributed by atoms with van der Waals surface area (Å²) in [5, 5.41) is 0.0775. The standard InChI is InChI=1S/C25H48O4Si/c1-9-10-11-12-13-14-15-16-17-18-24(29-22(3)27)23(21(2)19-26)20-28-30(7,8)25(4,5)6/h19,23-24H,2,9-18,20H2,1,3-8H3/t23-,24-/m0/s1. The molecule has 0 amide bonds. The molecule has 0 unspecified atom stereocenters. The number of esters is 1. The fraction of sp³-hybridized carbons (Fsp3) is 0.840. The Hall–Kier alpha value is -0.943. The van der Waals surface area contributed by atoms with E-state index in [1.54, 1.807) is 0 Å². The smallest absolute Gasteiger partial charge is 0.302 e. The Labute approximate surface area is 187 Å². The van der Waals surface area contributed by atoms with Gasteiger partial charge in [0, 0.05) is 19.4 Å². The molecule has 0 aromatic heterocycles. The van der Waals surface area contributed by atoms with Gasteiger partial charge in [0.2, 0.25) is 0 Å². The van der Waals surface area contributed by atoms with Gasteiger partial charge < -0.3 is 9.16 Å². The van der Waals surface area contributed by atoms with E-state index in [0.29, 0.717) is 12.2 Å². The SMILES string of the molecule is C=C(C=O)[C@H](CO[Si](C)(C)C(C)(C)C)[C@H](CCCCCCCCCCC)OC(C)=O. The molecule has 0 aliphatic heterocycles. The van der Waals surface area contributed by atoms with E-state index >= 15 is 0 Å². The number of hydrogen-bond donors (Lipinski definition) is 0. The Morgan fingerprint density at radius 2 is 1.50 bits per heavy atom. The Kier molecular flexibility index (Phi) is 14.5. The molecule has 0 rings (SSSR count). The molecule has 5 heteroatoms. The van der Waals surface area contributed by atoms with E-state index in [2.05, 4.69) is 47.4 Å². The minimum absolute atomic E-state index is 0.0775. The highest BCUT2D eigenvalue weighted by Crippen LogP contribution is 2.37. The van der Waals surface area contributed by atoms with E-state index in [-0.39, 0.29) is 23.0 Å². The summed E-state index contributed by atoms with van der Waals surface area (Å²) in [6.45, 7) is 18.9. The van der Waals surface area contributed by atoms with Crippen molar-refractivity contribution >= 4 is 20.6 Å². The van der Waals surface area contributed by atoms with Crippen LogP contribution in [0, 0.1) is 5.92 Å². The van der Waals surface area contributed by atoms with Crippen molar-refractivity contribution in [1.29, 1.82) is 0 Å². The van der Waals surface area contributed by atoms with Crippen LogP contribution < -0.4 is 0 Å². The summed E-state index contributed by atoms with van der Waals surface area (Å²) >= 11 is 0. The minimum Gasteiger partial charge on any atom is -0.462 e. The largest absolute Gasteiger partial charge is 0.462 e. The lowest BCUT2D eigenvalue weighted by Gasteiger charge is -2.38. The fourth-order valence-corrected chi connectivity index (χ4v) is 4.30. The van der Waals surface area contributed by atoms with Crippen molar-refractivity contribution in [2.24, 2.45) is 5.92 Å². The van der Waals surface area contributed by atoms with Gasteiger partial charge in [-0.05, 0) is 36.5 Å². The molecule has 0 aromatic carbocycles. The number of aldehydes is 1. The molecule has 0 saturated heterocycles. The maximum Gasteiger partial charge on any atom is 0.302 e. The second kappa shape index (κ2) is 15.0. The first-order valence-electron chi connectivity index (χ1n) is 11.9. The fourth-order valence-electron chi connectivity index (χ4n) is 3.27. The molecular weight excluding hydrogens is 392 g/mol. The van der Waals surface area contributed by atoms with Gasteiger partial charge in [0.15, 0.2) is 8.32 Å². The Morgan fingerprint density at radius 3 is 1.93 bits per heavy atom. The summed E-state index contributed by atoms with van der Waals surface area (Å²) in [4.78, 5) is 23.2. The average Bonchev–Trinajstić information content (AvgIpc) is 2.64. The number of rotatable bonds is 17. The lowest BCUT2D eigenvalue weighted by Crippen LogP contribution is -2.43. The number of hydrogen-bond acceptors (Lipinski definition) is 4. The molecule has 0 radical (unpaired) electrons. The van der Waals surface area contributed by atoms with Crippen LogP contribution in [0.3, 0.4) is 0 Å². The molecule has 0 bridgehead atoms. The first kappa shape index (κ1) is 29.1. The second-order valence-corrected chi connectivity index (χ2v) is 14.9. The first-order chi connectivity index (χ1) is 14.0. The molecule has 0 aliphatic carbocycles. The van der Waals surface area contributed by atoms with Gasteiger partial charge >= 0.3 is 5.97 Å². The summed E-state index contributed by atoms with van der Waals surface area (Å²) < 4.78 is 12.0. The maximum atomic E-state index is 11.7. The lowest BCUT2D eigenvalue weighted by molar-refractivity contribution is -0.149. The Bertz CT molecular complexity index is 508. The summed E-state index contributed by atoms with van der Waals surface area (Å²) in [7, 11) is -1.97. The molecule has 0 aliphatic rings. The van der Waals surface area contributed by atoms with Crippen LogP contribution in [-0.2, 0) is 18.8 Å². The number of carbonyl (C=O) groups excluding carboxylic acids is 2. The topological polar surface area (TPSA) is 52.6 Å². The van der Waals surface area contributed by atoms with Crippen LogP contribution in [0.25, 0.3) is 0 Å². The van der Waals surface area contributed by atoms with E-state index in [4.69, 9.17) is 9.16 Å². The van der Waals surface area contributed by atoms with Crippen molar-refractivity contribution in [2.75, 3.05) is 6.61 Å². The van der Waals surface area contributed by atoms with Gasteiger partial charge in [0.1, 0.15) is 12.4 Å². The molecule has 0 fully saturated rings. The van der Waals surface area contributed by atoms with Crippen molar-refractivity contribution in [1.82, 2.24) is 0 Å². The molecule has 4 nitrogen and oxygen atoms in total. The van der Waals surface area contributed by atoms with E-state index in [0.717, 1.165) is 25.5 Å². The van der Waals surface area contributed by atoms with Crippen LogP contribution in [0.15, 0.2) is 12.2 Å². The average molecular weight is 441 g/mol. The molecule has 0 saturated carbocycles. The van der Waals surface area contributed by atoms with E-state index in [1.165, 1.54) is 51.9 Å². The Morgan fingerprint density at radius 1 is 1.00 bits per heavy atom. The summed E-state index contributed by atoms with van der Waals surface area (Å²) in [6, 6.07) is 0. The molecule has 176 valence electrons. The Balaban J connectivity index is 4.78. The third kappa shape index (κ3) is 12.0. The third-order valence-electron chi connectivity index (χ3n) is 6.42. The van der Waals surface area contributed by atoms with Gasteiger partial charge in [-0.2, -0.15) is 0 Å². The maximum absolute atomic E-state index is 11.7. The molecule has 0 N–H and O–H groups in total. The third-order valence-corrected chi connectivity index (χ3v) is 10.9. The molecule has 30 heavy (non-hydrogen) atoms. The zero-order valence-corrected chi connectivity index (χ0v) is 21.9. The van der Waals surface area contributed by atoms with Crippen LogP contribution in [0.5, 0.6) is 0 Å². The quantitative estimate of drug-likeness (QED) is 0.0786. The molecule has 0 heterocycles. The van der Waals surface area contributed by atoms with Crippen molar-refractivity contribution in [2.45, 2.75) is 123 Å². The summed E-state index contributed by atoms with van der Waals surface area (Å²) in [6.07, 6.45) is 12.3. The summed E-state index contributed by atoms with van der Waals surface area (Å²) in [5.74, 6) is -0.596. The van der Waals surface area contributed by atoms with Crippen molar-refractivity contribution in [3.05, 3.63) is 12.2 Å². The van der Waals surface area contributed by atoms with Gasteiger partial charge in [-0.3, -0.25) is 9.59 Å². The lowest BCUT2D eigenvalue weighted by atomic mass is 9.91. The summed E-state index contributed by atoms with van der Waals surface area (Å²) in [5.41, 5.74) is 0.455. The van der Waals surface area contributed by atoms with Crippen molar-refractivity contribution in [3.63, 3.8) is 0 Å². The van der Waals surface area contributed by atoms with Crippen LogP contribution in [-0.4, -0.2) is 33.3 Å². The molecule has 2 atom stereocenters. The van der Waals surface area contributed by atoms with Gasteiger partial charge in [0.05, 0.1) is 0 Å². The van der Waals surface area contributed by atoms with Gasteiger partial charge in [0.25, 0.3) is 0 Å². The van der Waals surface area contributed by atoms with Crippen molar-refractivity contribution < 1.29 is 18.8 Å². The monoisotopic (exact) mass is 440 g/mol. The highest BCUT2D eigenvalue weighted by molar-refractivity contribution is 6.74. The van der Waals surface area contributed by atoms with E-state index in [1.807, 2.05) is 0 Å². The van der Waals surface area contributed by atoms with Gasteiger partial charge in [-0.25, -0.2) is 0 Å². The highest BCUT2D eigenvalue weighted by atomic mass is 28.4. The van der Waals surface area contributed by atoms with Crippen LogP contribution in [0.1, 0.15) is 98.8 Å². The van der Waals surface area contributed by atoms with Crippen molar-refractivity contribution in [3.8, 4) is 0 Å². The number of carbonyl (C=O) groups is 2. The van der Waals surface area contributed by atoms with Gasteiger partial charge in [-0.15, -0.1) is 0 Å². The number of unbranched alkanes of at least 4 members (excludes halogenated alkanes) is 8. The van der Waals surface area contributed by atoms with Crippen LogP contribution >= 0.6 is 0 Å². The molecule has 0 spiro atoms. The van der Waals surface area contributed by atoms with Gasteiger partial charge in [-0.1, -0.05) is 85.6 Å². The zero-order chi connectivity index (χ0) is 23.2. The molecule has 0 aromatic rings. The van der Waals surface area contributed by atoms with E-state index in [9.17, 15) is 9.59 Å². The minimum atomic E-state index is -1.97. The predicted octanol–water partition coefficient (Wildman–Crippen LogP) is 7.23. The van der Waals surface area contributed by atoms with Crippen LogP contribution in [0.2, 0.25) is 18.1 Å². The zero-order valence-electron chi connectivity index (χ0n) is 20.9. The molecular formula is C25H48O4Si.